The topological polar surface area (TPSA) is 47.4 Å². The molecular weight excluding hydrogens is 170 g/mol. The SMILES string of the molecule is COCN1CCn2ccnc2C1=O. The summed E-state index contributed by atoms with van der Waals surface area (Å²) in [6.45, 7) is 1.83. The lowest BCUT2D eigenvalue weighted by Gasteiger charge is -2.26. The first-order valence-corrected chi connectivity index (χ1v) is 4.12. The third kappa shape index (κ3) is 1.31. The van der Waals surface area contributed by atoms with Crippen molar-refractivity contribution in [1.29, 1.82) is 0 Å². The normalized spacial score (nSPS) is 16.1. The number of hydrogen-bond acceptors (Lipinski definition) is 3. The molecule has 0 aliphatic carbocycles. The fraction of sp³-hybridized carbons (Fsp3) is 0.500. The van der Waals surface area contributed by atoms with Crippen molar-refractivity contribution >= 4 is 5.91 Å². The lowest BCUT2D eigenvalue weighted by atomic mass is 10.4. The number of methoxy groups -OCH3 is 1. The standard InChI is InChI=1S/C8H11N3O2/c1-13-6-11-5-4-10-3-2-9-7(10)8(11)12/h2-3H,4-6H2,1H3. The molecule has 0 saturated heterocycles. The third-order valence-electron chi connectivity index (χ3n) is 2.09. The highest BCUT2D eigenvalue weighted by Gasteiger charge is 2.24. The van der Waals surface area contributed by atoms with Crippen LogP contribution in [0.4, 0.5) is 0 Å². The van der Waals surface area contributed by atoms with Crippen molar-refractivity contribution in [3.8, 4) is 0 Å². The maximum absolute atomic E-state index is 11.6. The van der Waals surface area contributed by atoms with E-state index in [9.17, 15) is 4.79 Å². The first-order chi connectivity index (χ1) is 6.33. The number of amides is 1. The molecule has 0 spiro atoms. The summed E-state index contributed by atoms with van der Waals surface area (Å²) < 4.78 is 6.77. The van der Waals surface area contributed by atoms with Crippen molar-refractivity contribution in [1.82, 2.24) is 14.5 Å². The first-order valence-electron chi connectivity index (χ1n) is 4.12. The van der Waals surface area contributed by atoms with Gasteiger partial charge in [0.25, 0.3) is 5.91 Å². The number of nitrogens with zero attached hydrogens (tertiary/aromatic N) is 3. The molecule has 1 amide bonds. The molecular formula is C8H11N3O2. The van der Waals surface area contributed by atoms with E-state index in [-0.39, 0.29) is 5.91 Å². The number of ether oxygens (including phenoxy) is 1. The minimum Gasteiger partial charge on any atom is -0.364 e. The van der Waals surface area contributed by atoms with Crippen molar-refractivity contribution in [3.05, 3.63) is 18.2 Å². The molecule has 0 N–H and O–H groups in total. The molecule has 0 bridgehead atoms. The second-order valence-electron chi connectivity index (χ2n) is 2.93. The highest BCUT2D eigenvalue weighted by molar-refractivity contribution is 5.91. The molecule has 0 radical (unpaired) electrons. The van der Waals surface area contributed by atoms with Crippen molar-refractivity contribution in [2.75, 3.05) is 20.4 Å². The van der Waals surface area contributed by atoms with Gasteiger partial charge in [0.15, 0.2) is 5.82 Å². The van der Waals surface area contributed by atoms with Gasteiger partial charge in [0, 0.05) is 32.6 Å². The molecule has 70 valence electrons. The second-order valence-corrected chi connectivity index (χ2v) is 2.93. The quantitative estimate of drug-likeness (QED) is 0.642. The van der Waals surface area contributed by atoms with Gasteiger partial charge in [-0.3, -0.25) is 4.79 Å². The summed E-state index contributed by atoms with van der Waals surface area (Å²) in [6, 6.07) is 0. The molecule has 2 rings (SSSR count). The predicted octanol–water partition coefficient (Wildman–Crippen LogP) is -0.0572. The Kier molecular flexibility index (Phi) is 2.02. The second kappa shape index (κ2) is 3.18. The summed E-state index contributed by atoms with van der Waals surface area (Å²) in [6.07, 6.45) is 3.46. The van der Waals surface area contributed by atoms with Crippen molar-refractivity contribution < 1.29 is 9.53 Å². The predicted molar refractivity (Wildman–Crippen MR) is 45.1 cm³/mol. The van der Waals surface area contributed by atoms with E-state index < -0.39 is 0 Å². The molecule has 0 saturated carbocycles. The molecule has 13 heavy (non-hydrogen) atoms. The van der Waals surface area contributed by atoms with Crippen LogP contribution in [-0.2, 0) is 11.3 Å². The lowest BCUT2D eigenvalue weighted by Crippen LogP contribution is -2.41. The Hall–Kier alpha value is -1.36. The van der Waals surface area contributed by atoms with E-state index in [0.717, 1.165) is 6.54 Å². The highest BCUT2D eigenvalue weighted by atomic mass is 16.5. The molecule has 1 aromatic rings. The van der Waals surface area contributed by atoms with Crippen molar-refractivity contribution in [2.45, 2.75) is 6.54 Å². The van der Waals surface area contributed by atoms with Crippen LogP contribution in [0.2, 0.25) is 0 Å². The van der Waals surface area contributed by atoms with Gasteiger partial charge in [-0.1, -0.05) is 0 Å². The molecule has 0 aromatic carbocycles. The van der Waals surface area contributed by atoms with E-state index in [0.29, 0.717) is 19.1 Å². The van der Waals surface area contributed by atoms with Crippen molar-refractivity contribution in [2.24, 2.45) is 0 Å². The fourth-order valence-electron chi connectivity index (χ4n) is 1.44. The van der Waals surface area contributed by atoms with E-state index in [1.807, 2.05) is 10.8 Å². The van der Waals surface area contributed by atoms with Crippen LogP contribution in [0.3, 0.4) is 0 Å². The number of carbonyl (C=O) groups excluding carboxylic acids is 1. The van der Waals surface area contributed by atoms with E-state index >= 15 is 0 Å². The first kappa shape index (κ1) is 8.25. The number of fused-ring (bicyclic) bond motifs is 1. The Bertz CT molecular complexity index is 321. The van der Waals surface area contributed by atoms with Crippen molar-refractivity contribution in [3.63, 3.8) is 0 Å². The molecule has 1 aliphatic rings. The van der Waals surface area contributed by atoms with Crippen LogP contribution in [0.1, 0.15) is 10.6 Å². The van der Waals surface area contributed by atoms with Gasteiger partial charge in [-0.2, -0.15) is 0 Å². The van der Waals surface area contributed by atoms with Gasteiger partial charge in [0.05, 0.1) is 0 Å². The lowest BCUT2D eigenvalue weighted by molar-refractivity contribution is 0.0346. The highest BCUT2D eigenvalue weighted by Crippen LogP contribution is 2.09. The summed E-state index contributed by atoms with van der Waals surface area (Å²) in [5.74, 6) is 0.446. The van der Waals surface area contributed by atoms with E-state index in [1.165, 1.54) is 0 Å². The number of carbonyl (C=O) groups is 1. The van der Waals surface area contributed by atoms with Gasteiger partial charge < -0.3 is 14.2 Å². The molecule has 1 aromatic heterocycles. The van der Waals surface area contributed by atoms with Gasteiger partial charge in [-0.25, -0.2) is 4.98 Å². The summed E-state index contributed by atoms with van der Waals surface area (Å²) >= 11 is 0. The van der Waals surface area contributed by atoms with Crippen LogP contribution < -0.4 is 0 Å². The number of imidazole rings is 1. The van der Waals surface area contributed by atoms with E-state index in [1.54, 1.807) is 18.2 Å². The van der Waals surface area contributed by atoms with E-state index in [2.05, 4.69) is 4.98 Å². The minimum absolute atomic E-state index is 0.0573. The van der Waals surface area contributed by atoms with E-state index in [4.69, 9.17) is 4.74 Å². The maximum atomic E-state index is 11.6. The molecule has 0 unspecified atom stereocenters. The summed E-state index contributed by atoms with van der Waals surface area (Å²) in [7, 11) is 1.58. The van der Waals surface area contributed by atoms with Gasteiger partial charge in [-0.15, -0.1) is 0 Å². The fourth-order valence-corrected chi connectivity index (χ4v) is 1.44. The van der Waals surface area contributed by atoms with Gasteiger partial charge in [-0.05, 0) is 0 Å². The Morgan fingerprint density at radius 3 is 3.23 bits per heavy atom. The Morgan fingerprint density at radius 1 is 1.62 bits per heavy atom. The maximum Gasteiger partial charge on any atom is 0.291 e. The monoisotopic (exact) mass is 181 g/mol. The molecule has 1 aliphatic heterocycles. The molecule has 5 nitrogen and oxygen atoms in total. The van der Waals surface area contributed by atoms with Crippen LogP contribution in [-0.4, -0.2) is 40.7 Å². The third-order valence-corrected chi connectivity index (χ3v) is 2.09. The van der Waals surface area contributed by atoms with Crippen LogP contribution in [0, 0.1) is 0 Å². The smallest absolute Gasteiger partial charge is 0.291 e. The average molecular weight is 181 g/mol. The average Bonchev–Trinajstić information content (AvgIpc) is 2.58. The van der Waals surface area contributed by atoms with Crippen LogP contribution in [0.25, 0.3) is 0 Å². The van der Waals surface area contributed by atoms with Crippen LogP contribution >= 0.6 is 0 Å². The zero-order chi connectivity index (χ0) is 9.26. The number of hydrogen-bond donors (Lipinski definition) is 0. The Morgan fingerprint density at radius 2 is 2.46 bits per heavy atom. The zero-order valence-electron chi connectivity index (χ0n) is 7.43. The Balaban J connectivity index is 2.22. The Labute approximate surface area is 75.9 Å². The number of rotatable bonds is 2. The number of aromatic nitrogens is 2. The molecule has 5 heteroatoms. The molecule has 0 fully saturated rings. The van der Waals surface area contributed by atoms with Gasteiger partial charge in [0.2, 0.25) is 0 Å². The largest absolute Gasteiger partial charge is 0.364 e. The van der Waals surface area contributed by atoms with Crippen LogP contribution in [0.15, 0.2) is 12.4 Å². The van der Waals surface area contributed by atoms with Crippen LogP contribution in [0.5, 0.6) is 0 Å². The summed E-state index contributed by atoms with van der Waals surface area (Å²) in [5.41, 5.74) is 0. The summed E-state index contributed by atoms with van der Waals surface area (Å²) in [4.78, 5) is 17.3. The molecule has 2 heterocycles. The van der Waals surface area contributed by atoms with Gasteiger partial charge in [0.1, 0.15) is 6.73 Å². The zero-order valence-corrected chi connectivity index (χ0v) is 7.43. The minimum atomic E-state index is -0.0573. The molecule has 0 atom stereocenters. The van der Waals surface area contributed by atoms with Gasteiger partial charge >= 0.3 is 0 Å². The summed E-state index contributed by atoms with van der Waals surface area (Å²) in [5, 5.41) is 0.